The highest BCUT2D eigenvalue weighted by Crippen LogP contribution is 2.27. The first-order valence-electron chi connectivity index (χ1n) is 10.9. The number of nitrogens with one attached hydrogen (secondary N) is 3. The highest BCUT2D eigenvalue weighted by Gasteiger charge is 2.26. The zero-order valence-electron chi connectivity index (χ0n) is 17.6. The smallest absolute Gasteiger partial charge is 0.0862 e. The maximum Gasteiger partial charge on any atom is 0.0862 e. The van der Waals surface area contributed by atoms with Gasteiger partial charge in [-0.3, -0.25) is 16.0 Å². The SMILES string of the molecule is CC1NC(c2ccc(-c3ccccc3)cc2)NC(c2cccc(-c3ccccc3)c2)N1. The average Bonchev–Trinajstić information content (AvgIpc) is 2.85. The second kappa shape index (κ2) is 8.86. The third-order valence-electron chi connectivity index (χ3n) is 5.84. The molecule has 3 atom stereocenters. The van der Waals surface area contributed by atoms with Gasteiger partial charge in [0.1, 0.15) is 0 Å². The predicted molar refractivity (Wildman–Crippen MR) is 128 cm³/mol. The molecule has 0 bridgehead atoms. The molecule has 154 valence electrons. The minimum atomic E-state index is 0.0683. The van der Waals surface area contributed by atoms with E-state index in [4.69, 9.17) is 0 Å². The molecule has 0 saturated carbocycles. The zero-order valence-corrected chi connectivity index (χ0v) is 17.6. The Kier molecular flexibility index (Phi) is 5.63. The van der Waals surface area contributed by atoms with E-state index >= 15 is 0 Å². The van der Waals surface area contributed by atoms with Crippen LogP contribution in [0.4, 0.5) is 0 Å². The molecule has 0 radical (unpaired) electrons. The third kappa shape index (κ3) is 4.44. The van der Waals surface area contributed by atoms with Crippen LogP contribution in [0, 0.1) is 0 Å². The van der Waals surface area contributed by atoms with Crippen LogP contribution in [0.1, 0.15) is 30.4 Å². The lowest BCUT2D eigenvalue weighted by Gasteiger charge is -2.38. The largest absolute Gasteiger partial charge is 0.283 e. The second-order valence-corrected chi connectivity index (χ2v) is 8.07. The van der Waals surface area contributed by atoms with E-state index in [-0.39, 0.29) is 18.5 Å². The Labute approximate surface area is 184 Å². The van der Waals surface area contributed by atoms with Crippen LogP contribution in [0.15, 0.2) is 109 Å². The number of rotatable bonds is 4. The lowest BCUT2D eigenvalue weighted by Crippen LogP contribution is -2.57. The Morgan fingerprint density at radius 2 is 0.968 bits per heavy atom. The molecule has 1 saturated heterocycles. The molecule has 1 aliphatic rings. The summed E-state index contributed by atoms with van der Waals surface area (Å²) in [7, 11) is 0. The molecule has 5 rings (SSSR count). The Bertz CT molecular complexity index is 1120. The highest BCUT2D eigenvalue weighted by atomic mass is 15.3. The molecule has 3 N–H and O–H groups in total. The Hall–Kier alpha value is -3.24. The summed E-state index contributed by atoms with van der Waals surface area (Å²) < 4.78 is 0. The summed E-state index contributed by atoms with van der Waals surface area (Å²) in [5, 5.41) is 11.0. The van der Waals surface area contributed by atoms with Crippen molar-refractivity contribution < 1.29 is 0 Å². The van der Waals surface area contributed by atoms with Gasteiger partial charge in [0.05, 0.1) is 18.5 Å². The summed E-state index contributed by atoms with van der Waals surface area (Å²) in [6, 6.07) is 38.6. The Balaban J connectivity index is 1.37. The normalized spacial score (nSPS) is 21.0. The van der Waals surface area contributed by atoms with Gasteiger partial charge in [0, 0.05) is 0 Å². The van der Waals surface area contributed by atoms with Crippen LogP contribution in [0.3, 0.4) is 0 Å². The van der Waals surface area contributed by atoms with Crippen molar-refractivity contribution in [1.82, 2.24) is 16.0 Å². The minimum Gasteiger partial charge on any atom is -0.283 e. The van der Waals surface area contributed by atoms with Crippen molar-refractivity contribution in [2.75, 3.05) is 0 Å². The molecule has 1 aliphatic heterocycles. The van der Waals surface area contributed by atoms with Gasteiger partial charge in [0.15, 0.2) is 0 Å². The summed E-state index contributed by atoms with van der Waals surface area (Å²) in [6.45, 7) is 2.17. The average molecular weight is 406 g/mol. The van der Waals surface area contributed by atoms with Crippen molar-refractivity contribution in [2.24, 2.45) is 0 Å². The van der Waals surface area contributed by atoms with Gasteiger partial charge in [-0.15, -0.1) is 0 Å². The van der Waals surface area contributed by atoms with Crippen molar-refractivity contribution in [3.63, 3.8) is 0 Å². The number of hydrogen-bond donors (Lipinski definition) is 3. The summed E-state index contributed by atoms with van der Waals surface area (Å²) in [4.78, 5) is 0. The van der Waals surface area contributed by atoms with Crippen LogP contribution < -0.4 is 16.0 Å². The quantitative estimate of drug-likeness (QED) is 0.399. The van der Waals surface area contributed by atoms with Crippen LogP contribution in [-0.4, -0.2) is 6.17 Å². The summed E-state index contributed by atoms with van der Waals surface area (Å²) in [5.41, 5.74) is 7.41. The van der Waals surface area contributed by atoms with Gasteiger partial charge in [-0.05, 0) is 46.4 Å². The van der Waals surface area contributed by atoms with Crippen LogP contribution in [0.5, 0.6) is 0 Å². The van der Waals surface area contributed by atoms with Crippen LogP contribution in [-0.2, 0) is 0 Å². The number of benzene rings is 4. The first-order chi connectivity index (χ1) is 15.3. The Morgan fingerprint density at radius 1 is 0.452 bits per heavy atom. The first-order valence-corrected chi connectivity index (χ1v) is 10.9. The maximum atomic E-state index is 3.73. The standard InChI is InChI=1S/C28H27N3/c1-20-29-27(24-17-15-23(16-18-24)21-9-4-2-5-10-21)31-28(30-20)26-14-8-13-25(19-26)22-11-6-3-7-12-22/h2-20,27-31H,1H3. The van der Waals surface area contributed by atoms with E-state index < -0.39 is 0 Å². The van der Waals surface area contributed by atoms with Gasteiger partial charge in [0.25, 0.3) is 0 Å². The van der Waals surface area contributed by atoms with Crippen molar-refractivity contribution in [3.05, 3.63) is 120 Å². The van der Waals surface area contributed by atoms with Gasteiger partial charge in [0.2, 0.25) is 0 Å². The monoisotopic (exact) mass is 405 g/mol. The van der Waals surface area contributed by atoms with Crippen LogP contribution >= 0.6 is 0 Å². The predicted octanol–water partition coefficient (Wildman–Crippen LogP) is 5.85. The van der Waals surface area contributed by atoms with E-state index in [1.54, 1.807) is 0 Å². The fourth-order valence-electron chi connectivity index (χ4n) is 4.22. The molecule has 0 aliphatic carbocycles. The van der Waals surface area contributed by atoms with Crippen LogP contribution in [0.2, 0.25) is 0 Å². The van der Waals surface area contributed by atoms with E-state index in [9.17, 15) is 0 Å². The number of hydrogen-bond acceptors (Lipinski definition) is 3. The van der Waals surface area contributed by atoms with E-state index in [1.807, 2.05) is 0 Å². The van der Waals surface area contributed by atoms with Crippen molar-refractivity contribution in [2.45, 2.75) is 25.4 Å². The maximum absolute atomic E-state index is 3.73. The molecule has 3 nitrogen and oxygen atoms in total. The van der Waals surface area contributed by atoms with E-state index in [2.05, 4.69) is 132 Å². The molecule has 1 fully saturated rings. The van der Waals surface area contributed by atoms with E-state index in [1.165, 1.54) is 33.4 Å². The Morgan fingerprint density at radius 3 is 1.61 bits per heavy atom. The molecule has 3 heteroatoms. The fraction of sp³-hybridized carbons (Fsp3) is 0.143. The molecule has 4 aromatic carbocycles. The van der Waals surface area contributed by atoms with Gasteiger partial charge < -0.3 is 0 Å². The summed E-state index contributed by atoms with van der Waals surface area (Å²) in [5.74, 6) is 0. The first kappa shape index (κ1) is 19.7. The fourth-order valence-corrected chi connectivity index (χ4v) is 4.22. The molecule has 0 aromatic heterocycles. The summed E-state index contributed by atoms with van der Waals surface area (Å²) >= 11 is 0. The highest BCUT2D eigenvalue weighted by molar-refractivity contribution is 5.64. The van der Waals surface area contributed by atoms with Crippen LogP contribution in [0.25, 0.3) is 22.3 Å². The molecule has 1 heterocycles. The third-order valence-corrected chi connectivity index (χ3v) is 5.84. The molecule has 3 unspecified atom stereocenters. The van der Waals surface area contributed by atoms with Gasteiger partial charge in [-0.25, -0.2) is 0 Å². The minimum absolute atomic E-state index is 0.0683. The van der Waals surface area contributed by atoms with Gasteiger partial charge in [-0.2, -0.15) is 0 Å². The lowest BCUT2D eigenvalue weighted by molar-refractivity contribution is 0.213. The molecular weight excluding hydrogens is 378 g/mol. The van der Waals surface area contributed by atoms with Gasteiger partial charge in [-0.1, -0.05) is 103 Å². The van der Waals surface area contributed by atoms with Gasteiger partial charge >= 0.3 is 0 Å². The molecule has 0 amide bonds. The molecule has 0 spiro atoms. The topological polar surface area (TPSA) is 36.1 Å². The van der Waals surface area contributed by atoms with Crippen molar-refractivity contribution >= 4 is 0 Å². The van der Waals surface area contributed by atoms with E-state index in [0.29, 0.717) is 0 Å². The molecular formula is C28H27N3. The lowest BCUT2D eigenvalue weighted by atomic mass is 10.00. The molecule has 4 aromatic rings. The second-order valence-electron chi connectivity index (χ2n) is 8.07. The zero-order chi connectivity index (χ0) is 21.0. The van der Waals surface area contributed by atoms with Crippen molar-refractivity contribution in [1.29, 1.82) is 0 Å². The molecule has 31 heavy (non-hydrogen) atoms. The van der Waals surface area contributed by atoms with E-state index in [0.717, 1.165) is 0 Å². The summed E-state index contributed by atoms with van der Waals surface area (Å²) in [6.07, 6.45) is 0.329. The van der Waals surface area contributed by atoms with Crippen molar-refractivity contribution in [3.8, 4) is 22.3 Å².